The third-order valence-electron chi connectivity index (χ3n) is 6.57. The number of rotatable bonds is 8. The Kier molecular flexibility index (Phi) is 7.17. The van der Waals surface area contributed by atoms with Crippen LogP contribution in [0.25, 0.3) is 6.08 Å². The van der Waals surface area contributed by atoms with Gasteiger partial charge in [0.25, 0.3) is 0 Å². The van der Waals surface area contributed by atoms with Crippen LogP contribution in [0.2, 0.25) is 0 Å². The van der Waals surface area contributed by atoms with Crippen LogP contribution >= 0.6 is 0 Å². The van der Waals surface area contributed by atoms with Crippen LogP contribution in [0.4, 0.5) is 0 Å². The Morgan fingerprint density at radius 3 is 2.35 bits per heavy atom. The Morgan fingerprint density at radius 1 is 1.00 bits per heavy atom. The quantitative estimate of drug-likeness (QED) is 0.656. The number of nitrogens with zero attached hydrogens (tertiary/aromatic N) is 3. The lowest BCUT2D eigenvalue weighted by Crippen LogP contribution is -2.56. The first-order valence-corrected chi connectivity index (χ1v) is 11.2. The van der Waals surface area contributed by atoms with E-state index in [1.165, 1.54) is 5.56 Å². The van der Waals surface area contributed by atoms with Gasteiger partial charge < -0.3 is 9.64 Å². The van der Waals surface area contributed by atoms with Crippen LogP contribution in [0, 0.1) is 0 Å². The fourth-order valence-electron chi connectivity index (χ4n) is 4.80. The summed E-state index contributed by atoms with van der Waals surface area (Å²) in [4.78, 5) is 20.4. The van der Waals surface area contributed by atoms with E-state index in [4.69, 9.17) is 4.74 Å². The normalized spacial score (nSPS) is 19.6. The molecular weight excluding hydrogens is 386 g/mol. The van der Waals surface area contributed by atoms with E-state index in [-0.39, 0.29) is 11.4 Å². The number of likely N-dealkylation sites (tertiary alicyclic amines) is 1. The van der Waals surface area contributed by atoms with E-state index < -0.39 is 0 Å². The molecule has 2 aromatic rings. The lowest BCUT2D eigenvalue weighted by atomic mass is 9.85. The largest absolute Gasteiger partial charge is 0.383 e. The lowest BCUT2D eigenvalue weighted by Gasteiger charge is -2.42. The Bertz CT molecular complexity index is 861. The number of carbonyl (C=O) groups excluding carboxylic acids is 1. The molecule has 0 N–H and O–H groups in total. The smallest absolute Gasteiger partial charge is 0.244 e. The van der Waals surface area contributed by atoms with E-state index in [2.05, 4.69) is 64.4 Å². The van der Waals surface area contributed by atoms with Crippen molar-refractivity contribution in [3.8, 4) is 0 Å². The highest BCUT2D eigenvalue weighted by atomic mass is 16.5. The maximum atomic E-state index is 13.6. The van der Waals surface area contributed by atoms with Gasteiger partial charge in [0, 0.05) is 39.8 Å². The SMILES string of the molecule is COCCN1CN(C/C=C/c2ccccc2)C(=O)C12CCN(Cc1ccccc1)CC2. The molecule has 0 atom stereocenters. The first kappa shape index (κ1) is 21.8. The minimum Gasteiger partial charge on any atom is -0.383 e. The molecule has 0 aliphatic carbocycles. The monoisotopic (exact) mass is 419 g/mol. The van der Waals surface area contributed by atoms with E-state index in [1.54, 1.807) is 7.11 Å². The zero-order valence-electron chi connectivity index (χ0n) is 18.5. The van der Waals surface area contributed by atoms with Crippen molar-refractivity contribution in [2.45, 2.75) is 24.9 Å². The molecule has 0 unspecified atom stereocenters. The van der Waals surface area contributed by atoms with Crippen LogP contribution in [-0.2, 0) is 16.1 Å². The third kappa shape index (κ3) is 5.06. The molecule has 1 spiro atoms. The Morgan fingerprint density at radius 2 is 1.68 bits per heavy atom. The average Bonchev–Trinajstić information content (AvgIpc) is 3.06. The van der Waals surface area contributed by atoms with E-state index in [9.17, 15) is 4.79 Å². The molecule has 1 amide bonds. The Hall–Kier alpha value is -2.47. The summed E-state index contributed by atoms with van der Waals surface area (Å²) in [6.45, 7) is 5.60. The van der Waals surface area contributed by atoms with Crippen molar-refractivity contribution in [3.05, 3.63) is 77.9 Å². The summed E-state index contributed by atoms with van der Waals surface area (Å²) < 4.78 is 5.35. The van der Waals surface area contributed by atoms with Crippen molar-refractivity contribution in [2.75, 3.05) is 46.6 Å². The Labute approximate surface area is 185 Å². The standard InChI is InChI=1S/C26H33N3O2/c1-31-20-19-29-22-28(16-8-13-23-9-4-2-5-10-23)25(30)26(29)14-17-27(18-15-26)21-24-11-6-3-7-12-24/h2-13H,14-22H2,1H3/b13-8+. The summed E-state index contributed by atoms with van der Waals surface area (Å²) in [7, 11) is 1.73. The molecule has 5 heteroatoms. The summed E-state index contributed by atoms with van der Waals surface area (Å²) in [5.41, 5.74) is 2.11. The molecule has 0 radical (unpaired) electrons. The summed E-state index contributed by atoms with van der Waals surface area (Å²) in [5.74, 6) is 0.278. The van der Waals surface area contributed by atoms with Gasteiger partial charge in [0.1, 0.15) is 5.54 Å². The first-order valence-electron chi connectivity index (χ1n) is 11.2. The van der Waals surface area contributed by atoms with Crippen LogP contribution < -0.4 is 0 Å². The van der Waals surface area contributed by atoms with Crippen LogP contribution in [-0.4, -0.2) is 72.7 Å². The second-order valence-electron chi connectivity index (χ2n) is 8.53. The van der Waals surface area contributed by atoms with Gasteiger partial charge in [-0.1, -0.05) is 72.8 Å². The first-order chi connectivity index (χ1) is 15.2. The topological polar surface area (TPSA) is 36.0 Å². The van der Waals surface area contributed by atoms with Gasteiger partial charge in [-0.25, -0.2) is 0 Å². The fourth-order valence-corrected chi connectivity index (χ4v) is 4.80. The predicted molar refractivity (Wildman–Crippen MR) is 124 cm³/mol. The zero-order chi connectivity index (χ0) is 21.5. The van der Waals surface area contributed by atoms with E-state index in [1.807, 2.05) is 23.1 Å². The predicted octanol–water partition coefficient (Wildman–Crippen LogP) is 3.48. The second kappa shape index (κ2) is 10.2. The molecule has 2 saturated heterocycles. The number of amides is 1. The molecule has 4 rings (SSSR count). The number of hydrogen-bond acceptors (Lipinski definition) is 4. The van der Waals surface area contributed by atoms with Crippen LogP contribution in [0.3, 0.4) is 0 Å². The maximum Gasteiger partial charge on any atom is 0.244 e. The molecule has 0 bridgehead atoms. The highest BCUT2D eigenvalue weighted by molar-refractivity contribution is 5.88. The van der Waals surface area contributed by atoms with Crippen molar-refractivity contribution < 1.29 is 9.53 Å². The van der Waals surface area contributed by atoms with Crippen molar-refractivity contribution in [3.63, 3.8) is 0 Å². The molecule has 5 nitrogen and oxygen atoms in total. The highest BCUT2D eigenvalue weighted by Crippen LogP contribution is 2.36. The van der Waals surface area contributed by atoms with Gasteiger partial charge in [0.05, 0.1) is 13.3 Å². The van der Waals surface area contributed by atoms with Crippen molar-refractivity contribution >= 4 is 12.0 Å². The van der Waals surface area contributed by atoms with Gasteiger partial charge in [-0.2, -0.15) is 0 Å². The molecule has 31 heavy (non-hydrogen) atoms. The second-order valence-corrected chi connectivity index (χ2v) is 8.53. The molecule has 2 heterocycles. The van der Waals surface area contributed by atoms with Crippen molar-refractivity contribution in [1.29, 1.82) is 0 Å². The minimum absolute atomic E-state index is 0.278. The number of benzene rings is 2. The molecule has 0 aromatic heterocycles. The van der Waals surface area contributed by atoms with Gasteiger partial charge in [-0.3, -0.25) is 14.6 Å². The fraction of sp³-hybridized carbons (Fsp3) is 0.423. The molecule has 0 saturated carbocycles. The van der Waals surface area contributed by atoms with Crippen molar-refractivity contribution in [1.82, 2.24) is 14.7 Å². The molecule has 2 aromatic carbocycles. The molecule has 2 aliphatic rings. The minimum atomic E-state index is -0.383. The van der Waals surface area contributed by atoms with Gasteiger partial charge in [0.15, 0.2) is 0 Å². The van der Waals surface area contributed by atoms with Crippen LogP contribution in [0.1, 0.15) is 24.0 Å². The molecule has 2 fully saturated rings. The van der Waals surface area contributed by atoms with Crippen LogP contribution in [0.15, 0.2) is 66.7 Å². The highest BCUT2D eigenvalue weighted by Gasteiger charge is 2.52. The average molecular weight is 420 g/mol. The zero-order valence-corrected chi connectivity index (χ0v) is 18.5. The van der Waals surface area contributed by atoms with Gasteiger partial charge in [-0.05, 0) is 24.0 Å². The van der Waals surface area contributed by atoms with Gasteiger partial charge >= 0.3 is 0 Å². The third-order valence-corrected chi connectivity index (χ3v) is 6.57. The van der Waals surface area contributed by atoms with E-state index >= 15 is 0 Å². The van der Waals surface area contributed by atoms with E-state index in [0.717, 1.165) is 44.6 Å². The molecule has 164 valence electrons. The number of methoxy groups -OCH3 is 1. The number of carbonyl (C=O) groups is 1. The Balaban J connectivity index is 1.41. The summed E-state index contributed by atoms with van der Waals surface area (Å²) in [5, 5.41) is 0. The molecule has 2 aliphatic heterocycles. The van der Waals surface area contributed by atoms with Gasteiger partial charge in [-0.15, -0.1) is 0 Å². The molecular formula is C26H33N3O2. The lowest BCUT2D eigenvalue weighted by molar-refractivity contribution is -0.135. The van der Waals surface area contributed by atoms with Crippen LogP contribution in [0.5, 0.6) is 0 Å². The number of piperidine rings is 1. The summed E-state index contributed by atoms with van der Waals surface area (Å²) in [6, 6.07) is 20.8. The summed E-state index contributed by atoms with van der Waals surface area (Å²) in [6.07, 6.45) is 5.95. The van der Waals surface area contributed by atoms with Crippen molar-refractivity contribution in [2.24, 2.45) is 0 Å². The number of hydrogen-bond donors (Lipinski definition) is 0. The summed E-state index contributed by atoms with van der Waals surface area (Å²) >= 11 is 0. The maximum absolute atomic E-state index is 13.6. The van der Waals surface area contributed by atoms with Gasteiger partial charge in [0.2, 0.25) is 5.91 Å². The van der Waals surface area contributed by atoms with E-state index in [0.29, 0.717) is 19.8 Å². The number of ether oxygens (including phenoxy) is 1.